The molecule has 3 rings (SSSR count). The van der Waals surface area contributed by atoms with Crippen LogP contribution in [0.4, 0.5) is 0 Å². The molecule has 0 fully saturated rings. The van der Waals surface area contributed by atoms with E-state index in [1.54, 1.807) is 36.6 Å². The molecule has 134 valence electrons. The standard InChI is InChI=1S/C18H15ClN2O2S3/c1-24-18-16(10-15(25-18)17(20)21)26(22,23)14-4-2-3-12(9-14)11-5-7-13(19)8-6-11/h2-10H,1H3,(H3,20,21). The Kier molecular flexibility index (Phi) is 5.43. The van der Waals surface area contributed by atoms with Gasteiger partial charge in [0.1, 0.15) is 5.84 Å². The number of hydrogen-bond acceptors (Lipinski definition) is 5. The van der Waals surface area contributed by atoms with E-state index < -0.39 is 9.84 Å². The highest BCUT2D eigenvalue weighted by Crippen LogP contribution is 2.37. The first kappa shape index (κ1) is 19.0. The van der Waals surface area contributed by atoms with E-state index in [1.165, 1.54) is 29.2 Å². The molecule has 0 atom stereocenters. The van der Waals surface area contributed by atoms with Crippen molar-refractivity contribution in [2.45, 2.75) is 14.0 Å². The molecule has 0 spiro atoms. The molecular weight excluding hydrogens is 408 g/mol. The Balaban J connectivity index is 2.10. The molecule has 4 nitrogen and oxygen atoms in total. The van der Waals surface area contributed by atoms with Crippen molar-refractivity contribution in [3.05, 3.63) is 64.5 Å². The predicted octanol–water partition coefficient (Wildman–Crippen LogP) is 4.91. The van der Waals surface area contributed by atoms with Gasteiger partial charge in [0, 0.05) is 5.02 Å². The number of sulfone groups is 1. The quantitative estimate of drug-likeness (QED) is 0.347. The van der Waals surface area contributed by atoms with E-state index in [9.17, 15) is 8.42 Å². The number of amidine groups is 1. The Morgan fingerprint density at radius 3 is 2.42 bits per heavy atom. The summed E-state index contributed by atoms with van der Waals surface area (Å²) >= 11 is 8.46. The van der Waals surface area contributed by atoms with Crippen LogP contribution < -0.4 is 5.73 Å². The van der Waals surface area contributed by atoms with Gasteiger partial charge in [0.2, 0.25) is 9.84 Å². The van der Waals surface area contributed by atoms with Gasteiger partial charge in [0.05, 0.1) is 18.9 Å². The molecule has 0 radical (unpaired) electrons. The van der Waals surface area contributed by atoms with Gasteiger partial charge in [-0.2, -0.15) is 0 Å². The maximum atomic E-state index is 13.1. The van der Waals surface area contributed by atoms with Gasteiger partial charge in [-0.05, 0) is 47.7 Å². The van der Waals surface area contributed by atoms with Crippen LogP contribution in [0.15, 0.2) is 68.6 Å². The molecule has 1 aromatic heterocycles. The molecular formula is C18H15ClN2O2S3. The minimum Gasteiger partial charge on any atom is -0.383 e. The van der Waals surface area contributed by atoms with Gasteiger partial charge in [0.15, 0.2) is 0 Å². The third-order valence-corrected chi connectivity index (χ3v) is 8.32. The largest absolute Gasteiger partial charge is 0.383 e. The molecule has 0 bridgehead atoms. The number of benzene rings is 2. The summed E-state index contributed by atoms with van der Waals surface area (Å²) in [6.45, 7) is 0. The van der Waals surface area contributed by atoms with Crippen molar-refractivity contribution in [1.82, 2.24) is 0 Å². The molecule has 8 heteroatoms. The van der Waals surface area contributed by atoms with Gasteiger partial charge in [-0.15, -0.1) is 23.1 Å². The van der Waals surface area contributed by atoms with Crippen molar-refractivity contribution in [2.24, 2.45) is 5.73 Å². The fourth-order valence-electron chi connectivity index (χ4n) is 2.43. The van der Waals surface area contributed by atoms with Crippen LogP contribution in [-0.2, 0) is 9.84 Å². The lowest BCUT2D eigenvalue weighted by atomic mass is 10.1. The van der Waals surface area contributed by atoms with Crippen molar-refractivity contribution in [2.75, 3.05) is 6.26 Å². The Hall–Kier alpha value is -1.80. The highest BCUT2D eigenvalue weighted by molar-refractivity contribution is 8.01. The van der Waals surface area contributed by atoms with Crippen LogP contribution in [0.2, 0.25) is 5.02 Å². The van der Waals surface area contributed by atoms with Gasteiger partial charge < -0.3 is 5.73 Å². The smallest absolute Gasteiger partial charge is 0.208 e. The molecule has 26 heavy (non-hydrogen) atoms. The van der Waals surface area contributed by atoms with E-state index in [1.807, 2.05) is 18.2 Å². The zero-order chi connectivity index (χ0) is 18.9. The second-order valence-electron chi connectivity index (χ2n) is 5.42. The summed E-state index contributed by atoms with van der Waals surface area (Å²) in [5.74, 6) is -0.137. The number of thiophene rings is 1. The lowest BCUT2D eigenvalue weighted by molar-refractivity contribution is 0.595. The second kappa shape index (κ2) is 7.44. The Labute approximate surface area is 165 Å². The van der Waals surface area contributed by atoms with Crippen LogP contribution in [0.3, 0.4) is 0 Å². The van der Waals surface area contributed by atoms with E-state index in [2.05, 4.69) is 0 Å². The maximum Gasteiger partial charge on any atom is 0.208 e. The van der Waals surface area contributed by atoms with Gasteiger partial charge in [-0.25, -0.2) is 8.42 Å². The summed E-state index contributed by atoms with van der Waals surface area (Å²) in [4.78, 5) is 0.836. The molecule has 0 unspecified atom stereocenters. The van der Waals surface area contributed by atoms with E-state index >= 15 is 0 Å². The molecule has 3 N–H and O–H groups in total. The number of halogens is 1. The first-order valence-corrected chi connectivity index (χ1v) is 11.4. The number of thioether (sulfide) groups is 1. The van der Waals surface area contributed by atoms with Crippen molar-refractivity contribution < 1.29 is 8.42 Å². The second-order valence-corrected chi connectivity index (χ2v) is 9.90. The van der Waals surface area contributed by atoms with Gasteiger partial charge in [0.25, 0.3) is 0 Å². The fourth-order valence-corrected chi connectivity index (χ4v) is 6.46. The molecule has 0 saturated carbocycles. The summed E-state index contributed by atoms with van der Waals surface area (Å²) in [5.41, 5.74) is 7.19. The van der Waals surface area contributed by atoms with E-state index in [0.717, 1.165) is 11.1 Å². The van der Waals surface area contributed by atoms with Gasteiger partial charge >= 0.3 is 0 Å². The minimum atomic E-state index is -3.72. The van der Waals surface area contributed by atoms with Crippen molar-refractivity contribution >= 4 is 50.4 Å². The number of nitrogens with one attached hydrogen (secondary N) is 1. The van der Waals surface area contributed by atoms with Crippen LogP contribution in [0.1, 0.15) is 4.88 Å². The first-order valence-electron chi connectivity index (χ1n) is 7.46. The summed E-state index contributed by atoms with van der Waals surface area (Å²) in [7, 11) is -3.72. The third-order valence-electron chi connectivity index (χ3n) is 3.73. The number of rotatable bonds is 5. The molecule has 2 aromatic carbocycles. The Bertz CT molecular complexity index is 1070. The summed E-state index contributed by atoms with van der Waals surface area (Å²) in [6.07, 6.45) is 1.80. The first-order chi connectivity index (χ1) is 12.3. The van der Waals surface area contributed by atoms with Crippen LogP contribution in [0.25, 0.3) is 11.1 Å². The zero-order valence-corrected chi connectivity index (χ0v) is 16.9. The van der Waals surface area contributed by atoms with E-state index in [0.29, 0.717) is 14.1 Å². The molecule has 0 aliphatic rings. The summed E-state index contributed by atoms with van der Waals surface area (Å²) in [5, 5.41) is 8.19. The van der Waals surface area contributed by atoms with Crippen LogP contribution in [0.5, 0.6) is 0 Å². The lowest BCUT2D eigenvalue weighted by Gasteiger charge is -2.08. The van der Waals surface area contributed by atoms with Crippen LogP contribution in [-0.4, -0.2) is 20.5 Å². The average Bonchev–Trinajstić information content (AvgIpc) is 3.08. The SMILES string of the molecule is CSc1sc(C(=N)N)cc1S(=O)(=O)c1cccc(-c2ccc(Cl)cc2)c1. The Morgan fingerprint density at radius 1 is 1.12 bits per heavy atom. The van der Waals surface area contributed by atoms with Gasteiger partial charge in [-0.1, -0.05) is 35.9 Å². The summed E-state index contributed by atoms with van der Waals surface area (Å²) in [6, 6.07) is 15.5. The normalized spacial score (nSPS) is 11.5. The maximum absolute atomic E-state index is 13.1. The monoisotopic (exact) mass is 422 g/mol. The predicted molar refractivity (Wildman–Crippen MR) is 109 cm³/mol. The highest BCUT2D eigenvalue weighted by atomic mass is 35.5. The highest BCUT2D eigenvalue weighted by Gasteiger charge is 2.25. The Morgan fingerprint density at radius 2 is 1.81 bits per heavy atom. The van der Waals surface area contributed by atoms with E-state index in [4.69, 9.17) is 22.7 Å². The zero-order valence-electron chi connectivity index (χ0n) is 13.7. The van der Waals surface area contributed by atoms with Gasteiger partial charge in [-0.3, -0.25) is 5.41 Å². The molecule has 0 aliphatic carbocycles. The fraction of sp³-hybridized carbons (Fsp3) is 0.0556. The van der Waals surface area contributed by atoms with E-state index in [-0.39, 0.29) is 15.6 Å². The molecule has 1 heterocycles. The van der Waals surface area contributed by atoms with Crippen molar-refractivity contribution in [3.8, 4) is 11.1 Å². The number of nitrogen functional groups attached to an aromatic ring is 1. The number of hydrogen-bond donors (Lipinski definition) is 2. The minimum absolute atomic E-state index is 0.137. The lowest BCUT2D eigenvalue weighted by Crippen LogP contribution is -2.08. The topological polar surface area (TPSA) is 84.0 Å². The van der Waals surface area contributed by atoms with Crippen LogP contribution in [0, 0.1) is 5.41 Å². The molecule has 0 aliphatic heterocycles. The summed E-state index contributed by atoms with van der Waals surface area (Å²) < 4.78 is 26.9. The molecule has 0 saturated heterocycles. The molecule has 0 amide bonds. The average molecular weight is 423 g/mol. The van der Waals surface area contributed by atoms with Crippen molar-refractivity contribution in [3.63, 3.8) is 0 Å². The number of nitrogens with two attached hydrogens (primary N) is 1. The third kappa shape index (κ3) is 3.66. The molecule has 3 aromatic rings. The van der Waals surface area contributed by atoms with Crippen molar-refractivity contribution in [1.29, 1.82) is 5.41 Å². The van der Waals surface area contributed by atoms with Crippen LogP contribution >= 0.6 is 34.7 Å².